The van der Waals surface area contributed by atoms with Crippen molar-refractivity contribution in [2.24, 2.45) is 0 Å². The molecule has 23 heavy (non-hydrogen) atoms. The lowest BCUT2D eigenvalue weighted by Crippen LogP contribution is -2.15. The van der Waals surface area contributed by atoms with Gasteiger partial charge in [0.15, 0.2) is 0 Å². The predicted octanol–water partition coefficient (Wildman–Crippen LogP) is 2.31. The molecule has 0 amide bonds. The van der Waals surface area contributed by atoms with Crippen LogP contribution in [-0.2, 0) is 4.74 Å². The maximum atomic E-state index is 12.0. The second kappa shape index (κ2) is 6.49. The fourth-order valence-electron chi connectivity index (χ4n) is 1.80. The van der Waals surface area contributed by atoms with E-state index in [9.17, 15) is 14.4 Å². The number of hydrogen-bond donors (Lipinski definition) is 3. The maximum Gasteiger partial charge on any atom is 0.348 e. The average molecular weight is 379 g/mol. The van der Waals surface area contributed by atoms with Gasteiger partial charge in [0.2, 0.25) is 0 Å². The molecule has 0 saturated carbocycles. The van der Waals surface area contributed by atoms with Crippen molar-refractivity contribution in [2.75, 3.05) is 11.5 Å². The van der Waals surface area contributed by atoms with E-state index in [0.29, 0.717) is 4.47 Å². The Balaban J connectivity index is 2.27. The summed E-state index contributed by atoms with van der Waals surface area (Å²) < 4.78 is 5.31. The summed E-state index contributed by atoms with van der Waals surface area (Å²) in [6, 6.07) is 7.99. The first-order valence-corrected chi connectivity index (χ1v) is 7.02. The van der Waals surface area contributed by atoms with Crippen LogP contribution in [0, 0.1) is 0 Å². The number of benzene rings is 2. The number of nitrogens with two attached hydrogens (primary N) is 2. The van der Waals surface area contributed by atoms with Gasteiger partial charge in [0.05, 0.1) is 16.7 Å². The fourth-order valence-corrected chi connectivity index (χ4v) is 2.16. The van der Waals surface area contributed by atoms with Gasteiger partial charge in [0.1, 0.15) is 0 Å². The van der Waals surface area contributed by atoms with Gasteiger partial charge in [-0.05, 0) is 36.4 Å². The van der Waals surface area contributed by atoms with E-state index in [1.54, 1.807) is 6.07 Å². The Bertz CT molecular complexity index is 820. The highest BCUT2D eigenvalue weighted by Crippen LogP contribution is 2.20. The Morgan fingerprint density at radius 1 is 0.957 bits per heavy atom. The lowest BCUT2D eigenvalue weighted by Gasteiger charge is -2.07. The lowest BCUT2D eigenvalue weighted by molar-refractivity contribution is 0.0398. The zero-order valence-electron chi connectivity index (χ0n) is 11.6. The van der Waals surface area contributed by atoms with E-state index < -0.39 is 17.9 Å². The van der Waals surface area contributed by atoms with E-state index in [4.69, 9.17) is 21.3 Å². The highest BCUT2D eigenvalue weighted by atomic mass is 79.9. The first kappa shape index (κ1) is 16.5. The van der Waals surface area contributed by atoms with E-state index in [1.165, 1.54) is 24.3 Å². The van der Waals surface area contributed by atoms with Gasteiger partial charge < -0.3 is 21.3 Å². The maximum absolute atomic E-state index is 12.0. The minimum atomic E-state index is -1.26. The standard InChI is InChI=1S/C15H11BrN2O5/c16-9-1-2-12(18)11(6-9)15(22)23-14(21)8-3-7(13(19)20)4-10(17)5-8/h1-6H,17-18H2,(H,19,20). The van der Waals surface area contributed by atoms with Crippen molar-refractivity contribution in [3.05, 3.63) is 57.6 Å². The number of esters is 2. The third-order valence-electron chi connectivity index (χ3n) is 2.86. The summed E-state index contributed by atoms with van der Waals surface area (Å²) in [5.74, 6) is -3.23. The summed E-state index contributed by atoms with van der Waals surface area (Å²) in [6.45, 7) is 0. The van der Waals surface area contributed by atoms with Crippen molar-refractivity contribution in [1.82, 2.24) is 0 Å². The van der Waals surface area contributed by atoms with Crippen molar-refractivity contribution in [2.45, 2.75) is 0 Å². The molecule has 0 aliphatic carbocycles. The molecule has 0 aliphatic heterocycles. The van der Waals surface area contributed by atoms with Crippen LogP contribution in [0.3, 0.4) is 0 Å². The van der Waals surface area contributed by atoms with Gasteiger partial charge in [0.25, 0.3) is 0 Å². The van der Waals surface area contributed by atoms with Crippen molar-refractivity contribution >= 4 is 45.2 Å². The molecule has 0 saturated heterocycles. The monoisotopic (exact) mass is 378 g/mol. The van der Waals surface area contributed by atoms with Crippen LogP contribution < -0.4 is 11.5 Å². The molecule has 2 aromatic rings. The summed E-state index contributed by atoms with van der Waals surface area (Å²) in [6.07, 6.45) is 0. The number of nitrogen functional groups attached to an aromatic ring is 2. The van der Waals surface area contributed by atoms with Crippen LogP contribution in [0.1, 0.15) is 31.1 Å². The molecular weight excluding hydrogens is 368 g/mol. The van der Waals surface area contributed by atoms with E-state index in [2.05, 4.69) is 15.9 Å². The average Bonchev–Trinajstić information content (AvgIpc) is 2.48. The SMILES string of the molecule is Nc1cc(C(=O)O)cc(C(=O)OC(=O)c2cc(Br)ccc2N)c1. The molecule has 5 N–H and O–H groups in total. The lowest BCUT2D eigenvalue weighted by atomic mass is 10.1. The molecular formula is C15H11BrN2O5. The molecule has 0 radical (unpaired) electrons. The quantitative estimate of drug-likeness (QED) is 0.423. The molecule has 0 heterocycles. The molecule has 0 aliphatic rings. The summed E-state index contributed by atoms with van der Waals surface area (Å²) in [4.78, 5) is 35.0. The van der Waals surface area contributed by atoms with Crippen LogP contribution in [0.25, 0.3) is 0 Å². The number of ether oxygens (including phenoxy) is 1. The van der Waals surface area contributed by atoms with Crippen LogP contribution in [0.2, 0.25) is 0 Å². The third-order valence-corrected chi connectivity index (χ3v) is 3.35. The van der Waals surface area contributed by atoms with E-state index in [-0.39, 0.29) is 28.1 Å². The highest BCUT2D eigenvalue weighted by Gasteiger charge is 2.19. The number of halogens is 1. The molecule has 0 atom stereocenters. The van der Waals surface area contributed by atoms with Gasteiger partial charge in [-0.3, -0.25) is 0 Å². The highest BCUT2D eigenvalue weighted by molar-refractivity contribution is 9.10. The normalized spacial score (nSPS) is 10.1. The van der Waals surface area contributed by atoms with Gasteiger partial charge in [0, 0.05) is 15.8 Å². The molecule has 8 heteroatoms. The number of carboxylic acid groups (broad SMARTS) is 1. The zero-order chi connectivity index (χ0) is 17.1. The molecule has 2 aromatic carbocycles. The molecule has 0 spiro atoms. The molecule has 0 aromatic heterocycles. The first-order chi connectivity index (χ1) is 10.8. The Morgan fingerprint density at radius 2 is 1.61 bits per heavy atom. The van der Waals surface area contributed by atoms with Gasteiger partial charge in [-0.2, -0.15) is 0 Å². The van der Waals surface area contributed by atoms with Gasteiger partial charge in [-0.25, -0.2) is 14.4 Å². The number of hydrogen-bond acceptors (Lipinski definition) is 6. The second-order valence-corrected chi connectivity index (χ2v) is 5.47. The molecule has 2 rings (SSSR count). The van der Waals surface area contributed by atoms with Crippen LogP contribution in [0.15, 0.2) is 40.9 Å². The Labute approximate surface area is 139 Å². The minimum absolute atomic E-state index is 0.00934. The van der Waals surface area contributed by atoms with Crippen LogP contribution >= 0.6 is 15.9 Å². The largest absolute Gasteiger partial charge is 0.478 e. The van der Waals surface area contributed by atoms with Crippen LogP contribution in [0.5, 0.6) is 0 Å². The molecule has 118 valence electrons. The van der Waals surface area contributed by atoms with Crippen molar-refractivity contribution in [1.29, 1.82) is 0 Å². The second-order valence-electron chi connectivity index (χ2n) is 4.56. The molecule has 7 nitrogen and oxygen atoms in total. The van der Waals surface area contributed by atoms with Crippen LogP contribution in [-0.4, -0.2) is 23.0 Å². The topological polar surface area (TPSA) is 133 Å². The van der Waals surface area contributed by atoms with E-state index >= 15 is 0 Å². The van der Waals surface area contributed by atoms with Gasteiger partial charge in [-0.1, -0.05) is 15.9 Å². The number of anilines is 2. The van der Waals surface area contributed by atoms with Crippen molar-refractivity contribution in [3.8, 4) is 0 Å². The number of rotatable bonds is 3. The number of carbonyl (C=O) groups excluding carboxylic acids is 2. The molecule has 0 bridgehead atoms. The Morgan fingerprint density at radius 3 is 2.26 bits per heavy atom. The van der Waals surface area contributed by atoms with Crippen molar-refractivity contribution in [3.63, 3.8) is 0 Å². The fraction of sp³-hybridized carbons (Fsp3) is 0. The minimum Gasteiger partial charge on any atom is -0.478 e. The number of carbonyl (C=O) groups is 3. The van der Waals surface area contributed by atoms with Crippen molar-refractivity contribution < 1.29 is 24.2 Å². The molecule has 0 unspecified atom stereocenters. The zero-order valence-corrected chi connectivity index (χ0v) is 13.2. The summed E-state index contributed by atoms with van der Waals surface area (Å²) >= 11 is 3.18. The van der Waals surface area contributed by atoms with Gasteiger partial charge in [-0.15, -0.1) is 0 Å². The van der Waals surface area contributed by atoms with Crippen LogP contribution in [0.4, 0.5) is 11.4 Å². The summed E-state index contributed by atoms with van der Waals surface area (Å²) in [5.41, 5.74) is 11.1. The number of carboxylic acids is 1. The summed E-state index contributed by atoms with van der Waals surface area (Å²) in [5, 5.41) is 8.95. The van der Waals surface area contributed by atoms with E-state index in [1.807, 2.05) is 0 Å². The van der Waals surface area contributed by atoms with E-state index in [0.717, 1.165) is 6.07 Å². The Hall–Kier alpha value is -2.87. The predicted molar refractivity (Wildman–Crippen MR) is 86.1 cm³/mol. The smallest absolute Gasteiger partial charge is 0.348 e. The first-order valence-electron chi connectivity index (χ1n) is 6.23. The summed E-state index contributed by atoms with van der Waals surface area (Å²) in [7, 11) is 0. The van der Waals surface area contributed by atoms with Gasteiger partial charge >= 0.3 is 17.9 Å². The number of aromatic carboxylic acids is 1. The Kier molecular flexibility index (Phi) is 4.65. The molecule has 0 fully saturated rings. The third kappa shape index (κ3) is 3.86.